The van der Waals surface area contributed by atoms with Crippen molar-refractivity contribution in [2.45, 2.75) is 0 Å². The second kappa shape index (κ2) is 4.04. The lowest BCUT2D eigenvalue weighted by Gasteiger charge is -2.06. The van der Waals surface area contributed by atoms with E-state index >= 15 is 0 Å². The predicted octanol–water partition coefficient (Wildman–Crippen LogP) is 1.25. The standard InChI is InChI=1S/C11H9BN2O/c12-10-2-1-7-14-11(10)15-9-5-3-8(13)4-6-9/h1-7H,13H2. The van der Waals surface area contributed by atoms with Gasteiger partial charge in [-0.25, -0.2) is 4.98 Å². The van der Waals surface area contributed by atoms with Crippen LogP contribution >= 0.6 is 0 Å². The maximum atomic E-state index is 5.69. The van der Waals surface area contributed by atoms with Gasteiger partial charge >= 0.3 is 0 Å². The SMILES string of the molecule is [B]c1cccnc1Oc1ccc(N)cc1. The molecule has 0 aliphatic heterocycles. The lowest BCUT2D eigenvalue weighted by molar-refractivity contribution is 0.467. The molecule has 0 bridgehead atoms. The Balaban J connectivity index is 2.22. The van der Waals surface area contributed by atoms with E-state index in [4.69, 9.17) is 18.3 Å². The zero-order valence-corrected chi connectivity index (χ0v) is 8.05. The molecule has 1 aromatic carbocycles. The first-order valence-electron chi connectivity index (χ1n) is 4.49. The summed E-state index contributed by atoms with van der Waals surface area (Å²) in [5, 5.41) is 0. The summed E-state index contributed by atoms with van der Waals surface area (Å²) < 4.78 is 5.47. The van der Waals surface area contributed by atoms with Gasteiger partial charge in [0.2, 0.25) is 5.88 Å². The molecule has 0 spiro atoms. The Kier molecular flexibility index (Phi) is 2.58. The minimum atomic E-state index is 0.405. The highest BCUT2D eigenvalue weighted by Crippen LogP contribution is 2.18. The fourth-order valence-electron chi connectivity index (χ4n) is 1.14. The van der Waals surface area contributed by atoms with Gasteiger partial charge in [0.1, 0.15) is 13.6 Å². The summed E-state index contributed by atoms with van der Waals surface area (Å²) in [6, 6.07) is 10.5. The van der Waals surface area contributed by atoms with Gasteiger partial charge in [-0.2, -0.15) is 0 Å². The van der Waals surface area contributed by atoms with E-state index in [1.165, 1.54) is 0 Å². The van der Waals surface area contributed by atoms with Crippen molar-refractivity contribution in [2.75, 3.05) is 5.73 Å². The van der Waals surface area contributed by atoms with E-state index in [0.29, 0.717) is 22.8 Å². The molecule has 2 rings (SSSR count). The number of nitrogens with zero attached hydrogens (tertiary/aromatic N) is 1. The summed E-state index contributed by atoms with van der Waals surface area (Å²) in [6.07, 6.45) is 1.63. The van der Waals surface area contributed by atoms with Crippen LogP contribution in [-0.4, -0.2) is 12.8 Å². The highest BCUT2D eigenvalue weighted by Gasteiger charge is 2.00. The first-order valence-corrected chi connectivity index (χ1v) is 4.49. The van der Waals surface area contributed by atoms with E-state index in [1.54, 1.807) is 42.6 Å². The van der Waals surface area contributed by atoms with Crippen molar-refractivity contribution in [1.82, 2.24) is 4.98 Å². The van der Waals surface area contributed by atoms with Gasteiger partial charge in [-0.05, 0) is 35.8 Å². The number of nitrogens with two attached hydrogens (primary N) is 1. The highest BCUT2D eigenvalue weighted by atomic mass is 16.5. The van der Waals surface area contributed by atoms with E-state index < -0.39 is 0 Å². The summed E-state index contributed by atoms with van der Waals surface area (Å²) in [5.74, 6) is 1.07. The molecule has 1 heterocycles. The molecule has 0 saturated heterocycles. The van der Waals surface area contributed by atoms with Gasteiger partial charge in [0.05, 0.1) is 0 Å². The molecule has 1 aromatic heterocycles. The molecule has 0 fully saturated rings. The average molecular weight is 196 g/mol. The Bertz CT molecular complexity index is 456. The minimum Gasteiger partial charge on any atom is -0.440 e. The molecule has 4 heteroatoms. The minimum absolute atomic E-state index is 0.405. The first kappa shape index (κ1) is 9.58. The van der Waals surface area contributed by atoms with Crippen LogP contribution in [0, 0.1) is 0 Å². The van der Waals surface area contributed by atoms with Crippen molar-refractivity contribution in [3.63, 3.8) is 0 Å². The van der Waals surface area contributed by atoms with E-state index in [0.717, 1.165) is 0 Å². The zero-order chi connectivity index (χ0) is 10.7. The average Bonchev–Trinajstić information content (AvgIpc) is 2.25. The smallest absolute Gasteiger partial charge is 0.211 e. The lowest BCUT2D eigenvalue weighted by Crippen LogP contribution is -2.07. The largest absolute Gasteiger partial charge is 0.440 e. The van der Waals surface area contributed by atoms with E-state index in [2.05, 4.69) is 4.98 Å². The summed E-state index contributed by atoms with van der Waals surface area (Å²) in [4.78, 5) is 4.02. The van der Waals surface area contributed by atoms with Crippen LogP contribution in [0.1, 0.15) is 0 Å². The van der Waals surface area contributed by atoms with E-state index in [-0.39, 0.29) is 0 Å². The molecular weight excluding hydrogens is 187 g/mol. The number of ether oxygens (including phenoxy) is 1. The van der Waals surface area contributed by atoms with Crippen molar-refractivity contribution in [2.24, 2.45) is 0 Å². The van der Waals surface area contributed by atoms with Crippen molar-refractivity contribution in [3.8, 4) is 11.6 Å². The van der Waals surface area contributed by atoms with Crippen LogP contribution in [0.3, 0.4) is 0 Å². The number of anilines is 1. The molecule has 0 atom stereocenters. The number of benzene rings is 1. The van der Waals surface area contributed by atoms with Crippen LogP contribution in [-0.2, 0) is 0 Å². The second-order valence-corrected chi connectivity index (χ2v) is 3.07. The van der Waals surface area contributed by atoms with Gasteiger partial charge in [-0.3, -0.25) is 0 Å². The Hall–Kier alpha value is -1.97. The monoisotopic (exact) mass is 196 g/mol. The number of hydrogen-bond acceptors (Lipinski definition) is 3. The highest BCUT2D eigenvalue weighted by molar-refractivity contribution is 6.33. The molecule has 0 unspecified atom stereocenters. The van der Waals surface area contributed by atoms with Crippen LogP contribution in [0.25, 0.3) is 0 Å². The summed E-state index contributed by atoms with van der Waals surface area (Å²) in [5.41, 5.74) is 6.75. The second-order valence-electron chi connectivity index (χ2n) is 3.07. The third-order valence-electron chi connectivity index (χ3n) is 1.90. The molecule has 0 aliphatic carbocycles. The topological polar surface area (TPSA) is 48.1 Å². The van der Waals surface area contributed by atoms with Gasteiger partial charge in [0.25, 0.3) is 0 Å². The van der Waals surface area contributed by atoms with Gasteiger partial charge in [0, 0.05) is 11.9 Å². The normalized spacial score (nSPS) is 9.87. The maximum absolute atomic E-state index is 5.69. The fourth-order valence-corrected chi connectivity index (χ4v) is 1.14. The summed E-state index contributed by atoms with van der Waals surface area (Å²) in [7, 11) is 5.69. The summed E-state index contributed by atoms with van der Waals surface area (Å²) in [6.45, 7) is 0. The quantitative estimate of drug-likeness (QED) is 0.580. The molecule has 0 amide bonds. The van der Waals surface area contributed by atoms with Gasteiger partial charge in [0.15, 0.2) is 0 Å². The third-order valence-corrected chi connectivity index (χ3v) is 1.90. The van der Waals surface area contributed by atoms with Crippen molar-refractivity contribution >= 4 is 19.0 Å². The van der Waals surface area contributed by atoms with Crippen LogP contribution in [0.4, 0.5) is 5.69 Å². The molecule has 2 N–H and O–H groups in total. The number of aromatic nitrogens is 1. The molecule has 3 nitrogen and oxygen atoms in total. The molecule has 2 radical (unpaired) electrons. The van der Waals surface area contributed by atoms with Gasteiger partial charge in [-0.1, -0.05) is 6.07 Å². The van der Waals surface area contributed by atoms with Crippen molar-refractivity contribution < 1.29 is 4.74 Å². The molecule has 72 valence electrons. The number of hydrogen-bond donors (Lipinski definition) is 1. The molecule has 0 aliphatic rings. The van der Waals surface area contributed by atoms with Crippen molar-refractivity contribution in [1.29, 1.82) is 0 Å². The van der Waals surface area contributed by atoms with Crippen molar-refractivity contribution in [3.05, 3.63) is 42.6 Å². The van der Waals surface area contributed by atoms with E-state index in [1.807, 2.05) is 0 Å². The van der Waals surface area contributed by atoms with Gasteiger partial charge in [-0.15, -0.1) is 0 Å². The molecular formula is C11H9BN2O. The Labute approximate surface area is 89.3 Å². The Morgan fingerprint density at radius 2 is 1.87 bits per heavy atom. The Morgan fingerprint density at radius 3 is 2.53 bits per heavy atom. The fraction of sp³-hybridized carbons (Fsp3) is 0. The number of rotatable bonds is 2. The predicted molar refractivity (Wildman–Crippen MR) is 60.6 cm³/mol. The lowest BCUT2D eigenvalue weighted by atomic mass is 9.98. The number of pyridine rings is 1. The van der Waals surface area contributed by atoms with Gasteiger partial charge < -0.3 is 10.5 Å². The van der Waals surface area contributed by atoms with Crippen LogP contribution in [0.5, 0.6) is 11.6 Å². The summed E-state index contributed by atoms with van der Waals surface area (Å²) >= 11 is 0. The third kappa shape index (κ3) is 2.28. The first-order chi connectivity index (χ1) is 7.25. The molecule has 2 aromatic rings. The molecule has 15 heavy (non-hydrogen) atoms. The molecule has 0 saturated carbocycles. The van der Waals surface area contributed by atoms with Crippen LogP contribution in [0.2, 0.25) is 0 Å². The number of nitrogen functional groups attached to an aromatic ring is 1. The van der Waals surface area contributed by atoms with E-state index in [9.17, 15) is 0 Å². The van der Waals surface area contributed by atoms with Crippen LogP contribution in [0.15, 0.2) is 42.6 Å². The Morgan fingerprint density at radius 1 is 1.13 bits per heavy atom. The zero-order valence-electron chi connectivity index (χ0n) is 8.05. The maximum Gasteiger partial charge on any atom is 0.211 e. The van der Waals surface area contributed by atoms with Crippen LogP contribution < -0.4 is 15.9 Å².